The molecule has 0 radical (unpaired) electrons. The maximum atomic E-state index is 11.5. The summed E-state index contributed by atoms with van der Waals surface area (Å²) in [6.45, 7) is 2.77. The zero-order valence-corrected chi connectivity index (χ0v) is 12.7. The molecule has 0 aliphatic heterocycles. The van der Waals surface area contributed by atoms with E-state index in [-0.39, 0.29) is 11.9 Å². The highest BCUT2D eigenvalue weighted by atomic mass is 16.5. The fourth-order valence-corrected chi connectivity index (χ4v) is 2.66. The van der Waals surface area contributed by atoms with Gasteiger partial charge in [0.25, 0.3) is 0 Å². The van der Waals surface area contributed by atoms with E-state index in [0.717, 1.165) is 12.3 Å². The van der Waals surface area contributed by atoms with Crippen LogP contribution in [0.1, 0.15) is 71.1 Å². The molecule has 1 fully saturated rings. The minimum Gasteiger partial charge on any atom is -0.466 e. The second-order valence-corrected chi connectivity index (χ2v) is 5.53. The molecule has 0 unspecified atom stereocenters. The molecule has 20 heavy (non-hydrogen) atoms. The van der Waals surface area contributed by atoms with Gasteiger partial charge in [0.1, 0.15) is 0 Å². The lowest BCUT2D eigenvalue weighted by Gasteiger charge is -2.21. The summed E-state index contributed by atoms with van der Waals surface area (Å²) in [5, 5.41) is 0. The van der Waals surface area contributed by atoms with Crippen LogP contribution >= 0.6 is 0 Å². The first-order valence-corrected chi connectivity index (χ1v) is 8.03. The number of carbonyl (C=O) groups excluding carboxylic acids is 2. The van der Waals surface area contributed by atoms with Crippen LogP contribution in [0.5, 0.6) is 0 Å². The summed E-state index contributed by atoms with van der Waals surface area (Å²) in [6, 6.07) is 0. The summed E-state index contributed by atoms with van der Waals surface area (Å²) < 4.78 is 10.1. The molecule has 0 N–H and O–H groups in total. The van der Waals surface area contributed by atoms with Crippen molar-refractivity contribution in [2.75, 3.05) is 13.2 Å². The van der Waals surface area contributed by atoms with Crippen molar-refractivity contribution in [1.82, 2.24) is 0 Å². The Kier molecular flexibility index (Phi) is 9.09. The summed E-state index contributed by atoms with van der Waals surface area (Å²) in [4.78, 5) is 22.6. The first-order chi connectivity index (χ1) is 9.72. The van der Waals surface area contributed by atoms with Crippen LogP contribution in [-0.4, -0.2) is 25.2 Å². The smallest absolute Gasteiger partial charge is 0.305 e. The second-order valence-electron chi connectivity index (χ2n) is 5.53. The molecule has 116 valence electrons. The highest BCUT2D eigenvalue weighted by Crippen LogP contribution is 2.26. The minimum atomic E-state index is -0.182. The fourth-order valence-electron chi connectivity index (χ4n) is 2.66. The molecule has 4 heteroatoms. The Morgan fingerprint density at radius 3 is 2.15 bits per heavy atom. The van der Waals surface area contributed by atoms with Crippen molar-refractivity contribution in [1.29, 1.82) is 0 Å². The number of ether oxygens (including phenoxy) is 2. The number of hydrogen-bond donors (Lipinski definition) is 0. The van der Waals surface area contributed by atoms with Crippen molar-refractivity contribution in [3.05, 3.63) is 0 Å². The van der Waals surface area contributed by atoms with E-state index in [1.807, 2.05) is 0 Å². The van der Waals surface area contributed by atoms with E-state index in [9.17, 15) is 9.59 Å². The molecule has 1 rings (SSSR count). The van der Waals surface area contributed by atoms with E-state index >= 15 is 0 Å². The van der Waals surface area contributed by atoms with Crippen molar-refractivity contribution in [2.45, 2.75) is 71.1 Å². The van der Waals surface area contributed by atoms with Gasteiger partial charge in [-0.05, 0) is 32.1 Å². The third-order valence-corrected chi connectivity index (χ3v) is 3.83. The maximum absolute atomic E-state index is 11.5. The Morgan fingerprint density at radius 2 is 1.55 bits per heavy atom. The van der Waals surface area contributed by atoms with Gasteiger partial charge in [-0.15, -0.1) is 0 Å². The molecular weight excluding hydrogens is 256 g/mol. The number of hydrogen-bond acceptors (Lipinski definition) is 4. The number of rotatable bonds is 9. The molecule has 1 aliphatic rings. The molecule has 4 nitrogen and oxygen atoms in total. The van der Waals surface area contributed by atoms with Crippen molar-refractivity contribution >= 4 is 11.9 Å². The van der Waals surface area contributed by atoms with Gasteiger partial charge >= 0.3 is 11.9 Å². The van der Waals surface area contributed by atoms with Crippen LogP contribution in [0.2, 0.25) is 0 Å². The van der Waals surface area contributed by atoms with E-state index in [2.05, 4.69) is 0 Å². The van der Waals surface area contributed by atoms with Gasteiger partial charge in [0, 0.05) is 12.8 Å². The molecule has 0 aromatic rings. The molecule has 0 heterocycles. The van der Waals surface area contributed by atoms with Gasteiger partial charge in [-0.1, -0.05) is 32.1 Å². The van der Waals surface area contributed by atoms with Crippen LogP contribution in [0.4, 0.5) is 0 Å². The van der Waals surface area contributed by atoms with Gasteiger partial charge in [-0.3, -0.25) is 9.59 Å². The largest absolute Gasteiger partial charge is 0.466 e. The molecule has 0 saturated heterocycles. The average Bonchev–Trinajstić information content (AvgIpc) is 2.45. The maximum Gasteiger partial charge on any atom is 0.305 e. The lowest BCUT2D eigenvalue weighted by Crippen LogP contribution is -2.12. The van der Waals surface area contributed by atoms with Crippen LogP contribution in [0.15, 0.2) is 0 Å². The first-order valence-electron chi connectivity index (χ1n) is 8.03. The van der Waals surface area contributed by atoms with E-state index < -0.39 is 0 Å². The van der Waals surface area contributed by atoms with Crippen molar-refractivity contribution < 1.29 is 19.1 Å². The third kappa shape index (κ3) is 8.18. The van der Waals surface area contributed by atoms with Crippen molar-refractivity contribution in [2.24, 2.45) is 5.92 Å². The number of carbonyl (C=O) groups is 2. The summed E-state index contributed by atoms with van der Waals surface area (Å²) in [7, 11) is 0. The normalized spacial score (nSPS) is 15.8. The SMILES string of the molecule is CCOC(=O)CCCCC(=O)OCCC1CCCCC1. The molecular formula is C16H28O4. The van der Waals surface area contributed by atoms with Crippen LogP contribution in [-0.2, 0) is 19.1 Å². The van der Waals surface area contributed by atoms with E-state index in [4.69, 9.17) is 9.47 Å². The van der Waals surface area contributed by atoms with Crippen molar-refractivity contribution in [3.8, 4) is 0 Å². The Morgan fingerprint density at radius 1 is 0.950 bits per heavy atom. The van der Waals surface area contributed by atoms with Gasteiger partial charge in [0.05, 0.1) is 13.2 Å². The molecule has 0 spiro atoms. The molecule has 0 aromatic heterocycles. The predicted octanol–water partition coefficient (Wildman–Crippen LogP) is 3.62. The van der Waals surface area contributed by atoms with Crippen molar-refractivity contribution in [3.63, 3.8) is 0 Å². The third-order valence-electron chi connectivity index (χ3n) is 3.83. The Labute approximate surface area is 122 Å². The highest BCUT2D eigenvalue weighted by molar-refractivity contribution is 5.70. The Balaban J connectivity index is 1.93. The van der Waals surface area contributed by atoms with Gasteiger partial charge < -0.3 is 9.47 Å². The summed E-state index contributed by atoms with van der Waals surface area (Å²) >= 11 is 0. The van der Waals surface area contributed by atoms with E-state index in [1.54, 1.807) is 6.92 Å². The lowest BCUT2D eigenvalue weighted by atomic mass is 9.87. The highest BCUT2D eigenvalue weighted by Gasteiger charge is 2.14. The average molecular weight is 284 g/mol. The Hall–Kier alpha value is -1.06. The number of esters is 2. The molecule has 0 aromatic carbocycles. The second kappa shape index (κ2) is 10.7. The first kappa shape index (κ1) is 17.0. The molecule has 1 saturated carbocycles. The topological polar surface area (TPSA) is 52.6 Å². The minimum absolute atomic E-state index is 0.135. The van der Waals surface area contributed by atoms with Gasteiger partial charge in [-0.25, -0.2) is 0 Å². The monoisotopic (exact) mass is 284 g/mol. The molecule has 1 aliphatic carbocycles. The Bertz CT molecular complexity index is 282. The van der Waals surface area contributed by atoms with Gasteiger partial charge in [0.2, 0.25) is 0 Å². The number of unbranched alkanes of at least 4 members (excludes halogenated alkanes) is 1. The molecule has 0 amide bonds. The van der Waals surface area contributed by atoms with E-state index in [1.165, 1.54) is 32.1 Å². The zero-order valence-electron chi connectivity index (χ0n) is 12.7. The lowest BCUT2D eigenvalue weighted by molar-refractivity contribution is -0.146. The fraction of sp³-hybridized carbons (Fsp3) is 0.875. The quantitative estimate of drug-likeness (QED) is 0.479. The predicted molar refractivity (Wildman–Crippen MR) is 77.3 cm³/mol. The van der Waals surface area contributed by atoms with Crippen LogP contribution in [0.3, 0.4) is 0 Å². The van der Waals surface area contributed by atoms with Crippen LogP contribution in [0.25, 0.3) is 0 Å². The van der Waals surface area contributed by atoms with Gasteiger partial charge in [-0.2, -0.15) is 0 Å². The zero-order chi connectivity index (χ0) is 14.6. The van der Waals surface area contributed by atoms with Crippen LogP contribution < -0.4 is 0 Å². The van der Waals surface area contributed by atoms with Crippen LogP contribution in [0, 0.1) is 5.92 Å². The van der Waals surface area contributed by atoms with Gasteiger partial charge in [0.15, 0.2) is 0 Å². The summed E-state index contributed by atoms with van der Waals surface area (Å²) in [5.41, 5.74) is 0. The summed E-state index contributed by atoms with van der Waals surface area (Å²) in [5.74, 6) is 0.434. The molecule has 0 bridgehead atoms. The molecule has 0 atom stereocenters. The van der Waals surface area contributed by atoms with E-state index in [0.29, 0.717) is 38.9 Å². The standard InChI is InChI=1S/C16H28O4/c1-2-19-15(17)10-6-7-11-16(18)20-13-12-14-8-4-3-5-9-14/h14H,2-13H2,1H3. The summed E-state index contributed by atoms with van der Waals surface area (Å²) in [6.07, 6.45) is 9.78.